The third-order valence-electron chi connectivity index (χ3n) is 4.57. The standard InChI is InChI=1S/C19H20FNO2S/c1-13-11-15(4-5-17(13)20)19(23)14-6-8-21(9-7-14)18(22)12-16-3-2-10-24-16/h2-5,10-11,14H,6-9,12H2,1H3. The third kappa shape index (κ3) is 3.73. The minimum atomic E-state index is -0.291. The molecule has 0 radical (unpaired) electrons. The summed E-state index contributed by atoms with van der Waals surface area (Å²) in [7, 11) is 0. The molecule has 0 unspecified atom stereocenters. The van der Waals surface area contributed by atoms with Crippen LogP contribution in [-0.2, 0) is 11.2 Å². The van der Waals surface area contributed by atoms with E-state index in [2.05, 4.69) is 0 Å². The molecule has 2 aromatic rings. The van der Waals surface area contributed by atoms with Gasteiger partial charge in [0.05, 0.1) is 6.42 Å². The summed E-state index contributed by atoms with van der Waals surface area (Å²) in [5.74, 6) is -0.189. The Kier molecular flexibility index (Phi) is 5.09. The fourth-order valence-electron chi connectivity index (χ4n) is 3.10. The molecule has 0 spiro atoms. The zero-order chi connectivity index (χ0) is 17.1. The average molecular weight is 345 g/mol. The maximum atomic E-state index is 13.3. The van der Waals surface area contributed by atoms with Crippen LogP contribution in [-0.4, -0.2) is 29.7 Å². The summed E-state index contributed by atoms with van der Waals surface area (Å²) in [6, 6.07) is 8.44. The van der Waals surface area contributed by atoms with Gasteiger partial charge in [-0.25, -0.2) is 4.39 Å². The molecule has 0 N–H and O–H groups in total. The molecule has 1 amide bonds. The molecule has 2 heterocycles. The van der Waals surface area contributed by atoms with Gasteiger partial charge in [0.15, 0.2) is 5.78 Å². The minimum absolute atomic E-state index is 0.0588. The van der Waals surface area contributed by atoms with E-state index in [-0.39, 0.29) is 23.4 Å². The van der Waals surface area contributed by atoms with Gasteiger partial charge in [0.1, 0.15) is 5.82 Å². The molecule has 0 saturated carbocycles. The number of thiophene rings is 1. The number of ketones is 1. The van der Waals surface area contributed by atoms with Crippen LogP contribution in [0.2, 0.25) is 0 Å². The Morgan fingerprint density at radius 3 is 2.62 bits per heavy atom. The van der Waals surface area contributed by atoms with Crippen LogP contribution in [0, 0.1) is 18.7 Å². The number of likely N-dealkylation sites (tertiary alicyclic amines) is 1. The Labute approximate surface area is 145 Å². The first-order chi connectivity index (χ1) is 11.5. The monoisotopic (exact) mass is 345 g/mol. The molecule has 1 fully saturated rings. The van der Waals surface area contributed by atoms with Crippen molar-refractivity contribution in [3.8, 4) is 0 Å². The number of amides is 1. The number of halogens is 1. The highest BCUT2D eigenvalue weighted by atomic mass is 32.1. The first-order valence-electron chi connectivity index (χ1n) is 8.15. The molecule has 1 aliphatic rings. The molecule has 3 rings (SSSR count). The van der Waals surface area contributed by atoms with Gasteiger partial charge in [-0.2, -0.15) is 0 Å². The minimum Gasteiger partial charge on any atom is -0.342 e. The highest BCUT2D eigenvalue weighted by molar-refractivity contribution is 7.10. The van der Waals surface area contributed by atoms with Crippen LogP contribution in [0.15, 0.2) is 35.7 Å². The van der Waals surface area contributed by atoms with Gasteiger partial charge in [-0.05, 0) is 55.0 Å². The third-order valence-corrected chi connectivity index (χ3v) is 5.44. The van der Waals surface area contributed by atoms with Crippen molar-refractivity contribution in [1.82, 2.24) is 4.90 Å². The molecule has 0 bridgehead atoms. The number of carbonyl (C=O) groups is 2. The first-order valence-corrected chi connectivity index (χ1v) is 9.03. The lowest BCUT2D eigenvalue weighted by molar-refractivity contribution is -0.131. The zero-order valence-corrected chi connectivity index (χ0v) is 14.4. The van der Waals surface area contributed by atoms with E-state index in [0.717, 1.165) is 4.88 Å². The molecule has 1 saturated heterocycles. The van der Waals surface area contributed by atoms with Gasteiger partial charge in [0.25, 0.3) is 0 Å². The van der Waals surface area contributed by atoms with Crippen molar-refractivity contribution in [2.24, 2.45) is 5.92 Å². The second-order valence-electron chi connectivity index (χ2n) is 6.24. The van der Waals surface area contributed by atoms with E-state index in [1.165, 1.54) is 6.07 Å². The lowest BCUT2D eigenvalue weighted by Gasteiger charge is -2.31. The zero-order valence-electron chi connectivity index (χ0n) is 13.6. The summed E-state index contributed by atoms with van der Waals surface area (Å²) in [6.45, 7) is 2.89. The Balaban J connectivity index is 1.57. The Hall–Kier alpha value is -2.01. The van der Waals surface area contributed by atoms with Gasteiger partial charge in [-0.15, -0.1) is 11.3 Å². The van der Waals surface area contributed by atoms with Crippen molar-refractivity contribution in [2.45, 2.75) is 26.2 Å². The summed E-state index contributed by atoms with van der Waals surface area (Å²) in [5.41, 5.74) is 1.06. The number of hydrogen-bond donors (Lipinski definition) is 0. The Morgan fingerprint density at radius 1 is 1.25 bits per heavy atom. The lowest BCUT2D eigenvalue weighted by atomic mass is 9.88. The van der Waals surface area contributed by atoms with E-state index in [1.807, 2.05) is 22.4 Å². The molecule has 0 aliphatic carbocycles. The lowest BCUT2D eigenvalue weighted by Crippen LogP contribution is -2.40. The molecular formula is C19H20FNO2S. The van der Waals surface area contributed by atoms with Gasteiger partial charge in [-0.1, -0.05) is 6.07 Å². The van der Waals surface area contributed by atoms with Crippen molar-refractivity contribution in [3.63, 3.8) is 0 Å². The number of carbonyl (C=O) groups excluding carboxylic acids is 2. The maximum Gasteiger partial charge on any atom is 0.227 e. The molecule has 126 valence electrons. The number of benzene rings is 1. The van der Waals surface area contributed by atoms with E-state index < -0.39 is 0 Å². The summed E-state index contributed by atoms with van der Waals surface area (Å²) in [6.07, 6.45) is 1.78. The summed E-state index contributed by atoms with van der Waals surface area (Å²) < 4.78 is 13.3. The van der Waals surface area contributed by atoms with Crippen molar-refractivity contribution < 1.29 is 14.0 Å². The van der Waals surface area contributed by atoms with Crippen molar-refractivity contribution in [1.29, 1.82) is 0 Å². The topological polar surface area (TPSA) is 37.4 Å². The summed E-state index contributed by atoms with van der Waals surface area (Å²) in [5, 5.41) is 1.97. The van der Waals surface area contributed by atoms with Crippen molar-refractivity contribution >= 4 is 23.0 Å². The average Bonchev–Trinajstić information content (AvgIpc) is 3.10. The number of piperidine rings is 1. The van der Waals surface area contributed by atoms with Gasteiger partial charge in [0.2, 0.25) is 5.91 Å². The van der Waals surface area contributed by atoms with Gasteiger partial charge >= 0.3 is 0 Å². The van der Waals surface area contributed by atoms with Crippen LogP contribution in [0.5, 0.6) is 0 Å². The van der Waals surface area contributed by atoms with E-state index in [9.17, 15) is 14.0 Å². The largest absolute Gasteiger partial charge is 0.342 e. The summed E-state index contributed by atoms with van der Waals surface area (Å²) in [4.78, 5) is 27.8. The maximum absolute atomic E-state index is 13.3. The van der Waals surface area contributed by atoms with Crippen LogP contribution >= 0.6 is 11.3 Å². The van der Waals surface area contributed by atoms with Crippen LogP contribution in [0.1, 0.15) is 33.6 Å². The highest BCUT2D eigenvalue weighted by Gasteiger charge is 2.28. The van der Waals surface area contributed by atoms with Crippen LogP contribution < -0.4 is 0 Å². The van der Waals surface area contributed by atoms with Crippen LogP contribution in [0.4, 0.5) is 4.39 Å². The number of nitrogens with zero attached hydrogens (tertiary/aromatic N) is 1. The predicted octanol–water partition coefficient (Wildman–Crippen LogP) is 3.86. The molecule has 24 heavy (non-hydrogen) atoms. The fourth-order valence-corrected chi connectivity index (χ4v) is 3.79. The number of aryl methyl sites for hydroxylation is 1. The number of rotatable bonds is 4. The van der Waals surface area contributed by atoms with Crippen molar-refractivity contribution in [2.75, 3.05) is 13.1 Å². The van der Waals surface area contributed by atoms with E-state index >= 15 is 0 Å². The van der Waals surface area contributed by atoms with E-state index in [4.69, 9.17) is 0 Å². The van der Waals surface area contributed by atoms with Crippen LogP contribution in [0.25, 0.3) is 0 Å². The first kappa shape index (κ1) is 16.8. The van der Waals surface area contributed by atoms with Gasteiger partial charge in [0, 0.05) is 29.4 Å². The Morgan fingerprint density at radius 2 is 2.00 bits per heavy atom. The van der Waals surface area contributed by atoms with Crippen LogP contribution in [0.3, 0.4) is 0 Å². The van der Waals surface area contributed by atoms with E-state index in [1.54, 1.807) is 30.4 Å². The second-order valence-corrected chi connectivity index (χ2v) is 7.27. The normalized spacial score (nSPS) is 15.5. The quantitative estimate of drug-likeness (QED) is 0.789. The predicted molar refractivity (Wildman–Crippen MR) is 92.8 cm³/mol. The smallest absolute Gasteiger partial charge is 0.227 e. The molecule has 1 aromatic heterocycles. The molecular weight excluding hydrogens is 325 g/mol. The molecule has 1 aliphatic heterocycles. The number of Topliss-reactive ketones (excluding diaryl/α,β-unsaturated/α-hetero) is 1. The summed E-state index contributed by atoms with van der Waals surface area (Å²) >= 11 is 1.59. The van der Waals surface area contributed by atoms with Crippen molar-refractivity contribution in [3.05, 3.63) is 57.5 Å². The van der Waals surface area contributed by atoms with E-state index in [0.29, 0.717) is 43.5 Å². The molecule has 1 aromatic carbocycles. The van der Waals surface area contributed by atoms with Gasteiger partial charge < -0.3 is 4.90 Å². The SMILES string of the molecule is Cc1cc(C(=O)C2CCN(C(=O)Cc3cccs3)CC2)ccc1F. The number of hydrogen-bond acceptors (Lipinski definition) is 3. The molecule has 0 atom stereocenters. The fraction of sp³-hybridized carbons (Fsp3) is 0.368. The highest BCUT2D eigenvalue weighted by Crippen LogP contribution is 2.23. The molecule has 5 heteroatoms. The Bertz CT molecular complexity index is 734. The molecule has 3 nitrogen and oxygen atoms in total. The second kappa shape index (κ2) is 7.26. The van der Waals surface area contributed by atoms with Gasteiger partial charge in [-0.3, -0.25) is 9.59 Å².